The van der Waals surface area contributed by atoms with E-state index in [1.165, 1.54) is 44.5 Å². The van der Waals surface area contributed by atoms with Gasteiger partial charge in [0.2, 0.25) is 11.8 Å². The van der Waals surface area contributed by atoms with E-state index in [1.807, 2.05) is 32.0 Å². The van der Waals surface area contributed by atoms with Gasteiger partial charge in [0.05, 0.1) is 47.6 Å². The molecule has 5 heterocycles. The van der Waals surface area contributed by atoms with E-state index in [-0.39, 0.29) is 42.7 Å². The van der Waals surface area contributed by atoms with Crippen molar-refractivity contribution in [1.29, 1.82) is 0 Å². The van der Waals surface area contributed by atoms with Gasteiger partial charge in [0.25, 0.3) is 0 Å². The Bertz CT molecular complexity index is 2150. The molecule has 2 amide bonds. The van der Waals surface area contributed by atoms with Gasteiger partial charge in [-0.05, 0) is 94.3 Å². The van der Waals surface area contributed by atoms with Crippen LogP contribution in [-0.4, -0.2) is 198 Å². The lowest BCUT2D eigenvalue weighted by molar-refractivity contribution is -0.318. The zero-order valence-electron chi connectivity index (χ0n) is 46.2. The predicted molar refractivity (Wildman–Crippen MR) is 275 cm³/mol. The molecule has 5 fully saturated rings. The molecule has 22 heteroatoms. The topological polar surface area (TPSA) is 307 Å². The number of thioether (sulfide) groups is 1. The van der Waals surface area contributed by atoms with Crippen molar-refractivity contribution in [2.45, 2.75) is 221 Å². The van der Waals surface area contributed by atoms with Gasteiger partial charge in [-0.2, -0.15) is 0 Å². The highest BCUT2D eigenvalue weighted by atomic mass is 32.2. The molecule has 426 valence electrons. The molecule has 1 aromatic carbocycles. The maximum Gasteiger partial charge on any atom is 0.327 e. The molecule has 9 N–H and O–H groups in total. The fraction of sp³-hybridized carbons (Fsp3) is 0.792. The number of aliphatic hydroxyl groups is 5. The van der Waals surface area contributed by atoms with Gasteiger partial charge in [-0.1, -0.05) is 58.0 Å². The van der Waals surface area contributed by atoms with Gasteiger partial charge in [0, 0.05) is 42.1 Å². The summed E-state index contributed by atoms with van der Waals surface area (Å²) in [5, 5.41) is 69.3. The van der Waals surface area contributed by atoms with Crippen molar-refractivity contribution in [1.82, 2.24) is 15.1 Å². The van der Waals surface area contributed by atoms with Gasteiger partial charge in [0.15, 0.2) is 12.6 Å². The van der Waals surface area contributed by atoms with Crippen LogP contribution in [0, 0.1) is 23.7 Å². The number of carbonyl (C=O) groups is 5. The Morgan fingerprint density at radius 2 is 1.53 bits per heavy atom. The van der Waals surface area contributed by atoms with Gasteiger partial charge in [-0.15, -0.1) is 11.8 Å². The lowest BCUT2D eigenvalue weighted by Gasteiger charge is -2.49. The van der Waals surface area contributed by atoms with Crippen molar-refractivity contribution in [3.8, 4) is 0 Å². The summed E-state index contributed by atoms with van der Waals surface area (Å²) in [5.41, 5.74) is 1.75. The van der Waals surface area contributed by atoms with Crippen molar-refractivity contribution in [2.24, 2.45) is 29.4 Å². The summed E-state index contributed by atoms with van der Waals surface area (Å²) in [5.74, 6) is -6.83. The Kier molecular flexibility index (Phi) is 20.3. The Morgan fingerprint density at radius 1 is 0.920 bits per heavy atom. The molecule has 5 aliphatic rings. The second kappa shape index (κ2) is 24.3. The Labute approximate surface area is 445 Å². The number of fused-ring (bicyclic) bond motifs is 1. The first-order chi connectivity index (χ1) is 34.7. The quantitative estimate of drug-likeness (QED) is 0.116. The molecule has 0 spiro atoms. The number of hydrogen-bond donors (Lipinski definition) is 8. The number of nitrogens with one attached hydrogen (secondary N) is 1. The zero-order valence-corrected chi connectivity index (χ0v) is 47.1. The number of amides is 2. The fourth-order valence-electron chi connectivity index (χ4n) is 11.6. The second-order valence-electron chi connectivity index (χ2n) is 22.9. The van der Waals surface area contributed by atoms with E-state index in [2.05, 4.69) is 5.32 Å². The Hall–Kier alpha value is -3.36. The van der Waals surface area contributed by atoms with Crippen LogP contribution in [0.25, 0.3) is 0 Å². The van der Waals surface area contributed by atoms with E-state index in [9.17, 15) is 54.6 Å². The molecule has 0 bridgehead atoms. The minimum Gasteiger partial charge on any atom is -0.480 e. The summed E-state index contributed by atoms with van der Waals surface area (Å²) in [4.78, 5) is 67.2. The van der Waals surface area contributed by atoms with E-state index in [0.29, 0.717) is 12.0 Å². The SMILES string of the molecule is CC1(C)S[C@@H]2[C@H](NC(=O)[C@H](N)c3ccccc3)C(=O)N2[C@H]1C(=O)O.CC[C@H]1OC(=O)[C@H](C)[C@@H](O[C@H]2C[C@@](C)(OC)[C@@H](O)[C@H](C)O2)[C@H](C)[C@@H](O[C@@H]2O[C@H](C)C[C@H](N(C)C)[C@H]2O)[C@](C)(O)C[C@@H](C)C(=O)[C@H](C)[C@@H](O)[C@]1(C)O. The number of ether oxygens (including phenoxy) is 6. The first-order valence-electron chi connectivity index (χ1n) is 26.1. The number of carboxylic acid groups (broad SMARTS) is 1. The highest BCUT2D eigenvalue weighted by Crippen LogP contribution is 2.51. The number of methoxy groups -OCH3 is 1. The van der Waals surface area contributed by atoms with E-state index in [1.54, 1.807) is 79.7 Å². The molecule has 1 aromatic rings. The number of aliphatic carboxylic acids is 1. The number of carbonyl (C=O) groups excluding carboxylic acids is 4. The van der Waals surface area contributed by atoms with Crippen LogP contribution in [0.3, 0.4) is 0 Å². The third-order valence-corrected chi connectivity index (χ3v) is 17.8. The van der Waals surface area contributed by atoms with Crippen LogP contribution >= 0.6 is 11.8 Å². The number of nitrogens with zero attached hydrogens (tertiary/aromatic N) is 2. The summed E-state index contributed by atoms with van der Waals surface area (Å²) < 4.78 is 36.4. The van der Waals surface area contributed by atoms with E-state index < -0.39 is 142 Å². The summed E-state index contributed by atoms with van der Waals surface area (Å²) >= 11 is 1.38. The highest BCUT2D eigenvalue weighted by molar-refractivity contribution is 8.01. The van der Waals surface area contributed by atoms with E-state index in [0.717, 1.165) is 0 Å². The molecule has 0 saturated carbocycles. The van der Waals surface area contributed by atoms with Crippen LogP contribution in [0.2, 0.25) is 0 Å². The average Bonchev–Trinajstić information content (AvgIpc) is 3.61. The van der Waals surface area contributed by atoms with Gasteiger partial charge in [-0.25, -0.2) is 4.79 Å². The summed E-state index contributed by atoms with van der Waals surface area (Å²) in [6.07, 6.45) is -9.71. The van der Waals surface area contributed by atoms with Crippen LogP contribution in [0.4, 0.5) is 0 Å². The molecule has 0 aromatic heterocycles. The normalized spacial score (nSPS) is 43.0. The van der Waals surface area contributed by atoms with Gasteiger partial charge < -0.3 is 79.9 Å². The first kappa shape index (κ1) is 62.5. The van der Waals surface area contributed by atoms with Crippen molar-refractivity contribution in [3.05, 3.63) is 35.9 Å². The number of hydrogen-bond acceptors (Lipinski definition) is 19. The molecule has 5 saturated heterocycles. The number of Topliss-reactive ketones (excluding diaryl/α,β-unsaturated/α-hetero) is 1. The second-order valence-corrected chi connectivity index (χ2v) is 24.7. The van der Waals surface area contributed by atoms with E-state index in [4.69, 9.17) is 34.2 Å². The lowest BCUT2D eigenvalue weighted by atomic mass is 9.74. The Morgan fingerprint density at radius 3 is 2.09 bits per heavy atom. The standard InChI is InChI=1S/C37H67NO13.C16H19N3O4S/c1-14-25-37(10,45)30(41)20(4)27(39)18(2)16-35(8,44)32(51-34-28(40)24(38(11)12)15-19(3)47-34)21(5)29(22(6)33(43)49-25)50-26-17-36(9,46-13)31(42)23(7)48-26;1-16(2)11(15(22)23)19-13(21)10(14(19)24-16)18-12(20)9(17)8-6-4-3-5-7-8/h18-26,28-32,34,40-42,44-45H,14-17H2,1-13H3;3-7,9-11,14H,17H2,1-2H3,(H,18,20)(H,22,23)/t18-,19-,20+,21+,22-,23+,24+,25-,26+,28-,29+,30-,31+,32-,34+,35-,36-,37-;9-,10-,11+,14-/m11/s1. The molecule has 75 heavy (non-hydrogen) atoms. The van der Waals surface area contributed by atoms with Gasteiger partial charge in [0.1, 0.15) is 53.2 Å². The maximum absolute atomic E-state index is 14.1. The average molecular weight is 1080 g/mol. The number of β-lactam (4-membered cyclic amide) rings is 1. The third kappa shape index (κ3) is 13.2. The summed E-state index contributed by atoms with van der Waals surface area (Å²) in [6.45, 7) is 19.9. The largest absolute Gasteiger partial charge is 0.480 e. The van der Waals surface area contributed by atoms with Crippen LogP contribution in [0.5, 0.6) is 0 Å². The maximum atomic E-state index is 14.1. The number of nitrogens with two attached hydrogens (primary N) is 1. The molecular formula is C53H86N4O17S. The number of esters is 1. The number of ketones is 1. The van der Waals surface area contributed by atoms with Crippen LogP contribution < -0.4 is 11.1 Å². The Balaban J connectivity index is 0.000000358. The molecule has 22 atom stereocenters. The lowest BCUT2D eigenvalue weighted by Crippen LogP contribution is -2.71. The molecular weight excluding hydrogens is 997 g/mol. The smallest absolute Gasteiger partial charge is 0.327 e. The van der Waals surface area contributed by atoms with E-state index >= 15 is 0 Å². The number of aliphatic hydroxyl groups excluding tert-OH is 3. The van der Waals surface area contributed by atoms with Crippen LogP contribution in [0.15, 0.2) is 30.3 Å². The summed E-state index contributed by atoms with van der Waals surface area (Å²) in [6, 6.07) is 6.05. The number of cyclic esters (lactones) is 1. The van der Waals surface area contributed by atoms with Gasteiger partial charge in [-0.3, -0.25) is 19.2 Å². The van der Waals surface area contributed by atoms with Gasteiger partial charge >= 0.3 is 11.9 Å². The number of likely N-dealkylation sites (N-methyl/N-ethyl adjacent to an activating group) is 1. The van der Waals surface area contributed by atoms with Crippen molar-refractivity contribution in [2.75, 3.05) is 21.2 Å². The minimum absolute atomic E-state index is 0.0936. The van der Waals surface area contributed by atoms with Crippen molar-refractivity contribution >= 4 is 41.3 Å². The predicted octanol–water partition coefficient (Wildman–Crippen LogP) is 2.10. The monoisotopic (exact) mass is 1080 g/mol. The van der Waals surface area contributed by atoms with Crippen molar-refractivity contribution in [3.63, 3.8) is 0 Å². The van der Waals surface area contributed by atoms with Crippen LogP contribution in [0.1, 0.15) is 120 Å². The number of rotatable bonds is 11. The van der Waals surface area contributed by atoms with Crippen molar-refractivity contribution < 1.29 is 83.0 Å². The highest BCUT2D eigenvalue weighted by Gasteiger charge is 2.64. The summed E-state index contributed by atoms with van der Waals surface area (Å²) in [7, 11) is 5.18. The molecule has 0 aliphatic carbocycles. The third-order valence-electron chi connectivity index (χ3n) is 16.2. The number of carboxylic acids is 1. The zero-order chi connectivity index (χ0) is 56.6. The molecule has 5 aliphatic heterocycles. The fourth-order valence-corrected chi connectivity index (χ4v) is 13.2. The minimum atomic E-state index is -1.99. The molecule has 6 rings (SSSR count). The molecule has 0 radical (unpaired) electrons. The number of benzene rings is 1. The molecule has 21 nitrogen and oxygen atoms in total. The molecule has 0 unspecified atom stereocenters. The van der Waals surface area contributed by atoms with Crippen LogP contribution in [-0.2, 0) is 52.4 Å². The first-order valence-corrected chi connectivity index (χ1v) is 26.9.